The van der Waals surface area contributed by atoms with Crippen molar-refractivity contribution in [2.24, 2.45) is 0 Å². The Morgan fingerprint density at radius 2 is 1.67 bits per heavy atom. The van der Waals surface area contributed by atoms with Gasteiger partial charge in [-0.2, -0.15) is 0 Å². The lowest BCUT2D eigenvalue weighted by Gasteiger charge is -2.24. The molecule has 1 N–H and O–H groups in total. The van der Waals surface area contributed by atoms with Crippen LogP contribution in [0.3, 0.4) is 0 Å². The van der Waals surface area contributed by atoms with Gasteiger partial charge in [0.25, 0.3) is 10.0 Å². The van der Waals surface area contributed by atoms with Crippen LogP contribution >= 0.6 is 15.9 Å². The predicted molar refractivity (Wildman–Crippen MR) is 131 cm³/mol. The summed E-state index contributed by atoms with van der Waals surface area (Å²) < 4.78 is 33.5. The molecule has 33 heavy (non-hydrogen) atoms. The molecular weight excluding hydrogens is 508 g/mol. The molecule has 3 rings (SSSR count). The summed E-state index contributed by atoms with van der Waals surface area (Å²) in [6, 6.07) is 19.3. The van der Waals surface area contributed by atoms with Crippen LogP contribution in [0.2, 0.25) is 0 Å². The second-order valence-corrected chi connectivity index (χ2v) is 9.93. The normalized spacial score (nSPS) is 11.0. The summed E-state index contributed by atoms with van der Waals surface area (Å²) in [4.78, 5) is 24.7. The molecule has 0 radical (unpaired) electrons. The molecule has 9 heteroatoms. The van der Waals surface area contributed by atoms with Gasteiger partial charge in [-0.3, -0.25) is 9.10 Å². The van der Waals surface area contributed by atoms with E-state index < -0.39 is 28.4 Å². The quantitative estimate of drug-likeness (QED) is 0.423. The number of aryl methyl sites for hydroxylation is 1. The first-order valence-corrected chi connectivity index (χ1v) is 12.4. The SMILES string of the molecule is CCOC(=O)c1ccc(NC(=O)CN(c2cccc(Br)c2)S(=O)(=O)c2ccc(C)cc2)cc1. The first-order chi connectivity index (χ1) is 15.7. The van der Waals surface area contributed by atoms with Crippen LogP contribution in [0.25, 0.3) is 0 Å². The monoisotopic (exact) mass is 530 g/mol. The van der Waals surface area contributed by atoms with E-state index in [4.69, 9.17) is 4.74 Å². The van der Waals surface area contributed by atoms with Crippen molar-refractivity contribution < 1.29 is 22.7 Å². The highest BCUT2D eigenvalue weighted by molar-refractivity contribution is 9.10. The number of amides is 1. The standard InChI is InChI=1S/C24H23BrN2O5S/c1-3-32-24(29)18-9-11-20(12-10-18)26-23(28)16-27(21-6-4-5-19(25)15-21)33(30,31)22-13-7-17(2)8-14-22/h4-15H,3,16H2,1-2H3,(H,26,28). The van der Waals surface area contributed by atoms with Crippen LogP contribution in [0.5, 0.6) is 0 Å². The van der Waals surface area contributed by atoms with E-state index in [0.29, 0.717) is 21.4 Å². The molecule has 0 aliphatic rings. The third-order valence-electron chi connectivity index (χ3n) is 4.67. The highest BCUT2D eigenvalue weighted by atomic mass is 79.9. The summed E-state index contributed by atoms with van der Waals surface area (Å²) in [5, 5.41) is 2.68. The zero-order valence-electron chi connectivity index (χ0n) is 18.1. The number of ether oxygens (including phenoxy) is 1. The molecule has 7 nitrogen and oxygen atoms in total. The molecule has 0 saturated carbocycles. The molecule has 172 valence electrons. The lowest BCUT2D eigenvalue weighted by molar-refractivity contribution is -0.114. The maximum atomic E-state index is 13.4. The van der Waals surface area contributed by atoms with Crippen LogP contribution in [0.15, 0.2) is 82.2 Å². The number of hydrogen-bond acceptors (Lipinski definition) is 5. The van der Waals surface area contributed by atoms with E-state index in [-0.39, 0.29) is 11.5 Å². The predicted octanol–water partition coefficient (Wildman–Crippen LogP) is 4.77. The molecule has 0 aliphatic heterocycles. The second kappa shape index (κ2) is 10.6. The van der Waals surface area contributed by atoms with Gasteiger partial charge < -0.3 is 10.1 Å². The van der Waals surface area contributed by atoms with Crippen molar-refractivity contribution in [1.29, 1.82) is 0 Å². The summed E-state index contributed by atoms with van der Waals surface area (Å²) in [6.07, 6.45) is 0. The molecule has 0 aromatic heterocycles. The fourth-order valence-electron chi connectivity index (χ4n) is 3.02. The van der Waals surface area contributed by atoms with Crippen molar-refractivity contribution in [3.05, 3.63) is 88.4 Å². The lowest BCUT2D eigenvalue weighted by Crippen LogP contribution is -2.38. The molecule has 3 aromatic rings. The molecular formula is C24H23BrN2O5S. The number of sulfonamides is 1. The molecule has 0 fully saturated rings. The average Bonchev–Trinajstić information content (AvgIpc) is 2.78. The number of halogens is 1. The van der Waals surface area contributed by atoms with Crippen molar-refractivity contribution in [2.45, 2.75) is 18.7 Å². The number of hydrogen-bond donors (Lipinski definition) is 1. The zero-order valence-corrected chi connectivity index (χ0v) is 20.5. The minimum absolute atomic E-state index is 0.0830. The highest BCUT2D eigenvalue weighted by Gasteiger charge is 2.27. The van der Waals surface area contributed by atoms with E-state index in [0.717, 1.165) is 9.87 Å². The topological polar surface area (TPSA) is 92.8 Å². The Kier molecular flexibility index (Phi) is 7.88. The van der Waals surface area contributed by atoms with Gasteiger partial charge in [-0.15, -0.1) is 0 Å². The molecule has 0 aliphatic carbocycles. The van der Waals surface area contributed by atoms with E-state index in [2.05, 4.69) is 21.2 Å². The zero-order chi connectivity index (χ0) is 24.0. The van der Waals surface area contributed by atoms with Gasteiger partial charge in [-0.1, -0.05) is 39.7 Å². The Hall–Kier alpha value is -3.17. The summed E-state index contributed by atoms with van der Waals surface area (Å²) in [6.45, 7) is 3.40. The van der Waals surface area contributed by atoms with Gasteiger partial charge in [0, 0.05) is 10.2 Å². The molecule has 0 bridgehead atoms. The number of benzene rings is 3. The largest absolute Gasteiger partial charge is 0.462 e. The lowest BCUT2D eigenvalue weighted by atomic mass is 10.2. The summed E-state index contributed by atoms with van der Waals surface area (Å²) >= 11 is 3.35. The third kappa shape index (κ3) is 6.21. The van der Waals surface area contributed by atoms with Gasteiger partial charge in [0.2, 0.25) is 5.91 Å². The number of carbonyl (C=O) groups excluding carboxylic acids is 2. The minimum atomic E-state index is -4.01. The maximum absolute atomic E-state index is 13.4. The van der Waals surface area contributed by atoms with Crippen LogP contribution in [0, 0.1) is 6.92 Å². The number of nitrogens with one attached hydrogen (secondary N) is 1. The van der Waals surface area contributed by atoms with E-state index in [1.165, 1.54) is 24.3 Å². The first-order valence-electron chi connectivity index (χ1n) is 10.1. The van der Waals surface area contributed by atoms with E-state index in [9.17, 15) is 18.0 Å². The molecule has 0 heterocycles. The Balaban J connectivity index is 1.85. The Morgan fingerprint density at radius 3 is 2.27 bits per heavy atom. The Labute approximate surface area is 201 Å². The third-order valence-corrected chi connectivity index (χ3v) is 6.95. The number of anilines is 2. The smallest absolute Gasteiger partial charge is 0.338 e. The van der Waals surface area contributed by atoms with Crippen LogP contribution in [-0.2, 0) is 19.6 Å². The van der Waals surface area contributed by atoms with Crippen molar-refractivity contribution in [2.75, 3.05) is 22.8 Å². The van der Waals surface area contributed by atoms with E-state index in [1.807, 2.05) is 6.92 Å². The van der Waals surface area contributed by atoms with Crippen molar-refractivity contribution >= 4 is 49.2 Å². The van der Waals surface area contributed by atoms with Gasteiger partial charge in [0.15, 0.2) is 0 Å². The van der Waals surface area contributed by atoms with Gasteiger partial charge in [-0.05, 0) is 68.4 Å². The molecule has 0 spiro atoms. The Morgan fingerprint density at radius 1 is 1.00 bits per heavy atom. The highest BCUT2D eigenvalue weighted by Crippen LogP contribution is 2.26. The second-order valence-electron chi connectivity index (χ2n) is 7.15. The maximum Gasteiger partial charge on any atom is 0.338 e. The van der Waals surface area contributed by atoms with Gasteiger partial charge in [0.1, 0.15) is 6.54 Å². The fraction of sp³-hybridized carbons (Fsp3) is 0.167. The summed E-state index contributed by atoms with van der Waals surface area (Å²) in [5.41, 5.74) is 2.05. The number of rotatable bonds is 8. The molecule has 0 atom stereocenters. The average molecular weight is 531 g/mol. The van der Waals surface area contributed by atoms with Crippen molar-refractivity contribution in [3.8, 4) is 0 Å². The van der Waals surface area contributed by atoms with Crippen LogP contribution < -0.4 is 9.62 Å². The van der Waals surface area contributed by atoms with Gasteiger partial charge in [-0.25, -0.2) is 13.2 Å². The number of nitrogens with zero attached hydrogens (tertiary/aromatic N) is 1. The number of esters is 1. The van der Waals surface area contributed by atoms with Crippen molar-refractivity contribution in [1.82, 2.24) is 0 Å². The molecule has 0 unspecified atom stereocenters. The molecule has 1 amide bonds. The van der Waals surface area contributed by atoms with Gasteiger partial charge in [0.05, 0.1) is 22.8 Å². The first kappa shape index (κ1) is 24.5. The van der Waals surface area contributed by atoms with Crippen LogP contribution in [0.1, 0.15) is 22.8 Å². The van der Waals surface area contributed by atoms with Crippen molar-refractivity contribution in [3.63, 3.8) is 0 Å². The van der Waals surface area contributed by atoms with E-state index in [1.54, 1.807) is 55.5 Å². The number of carbonyl (C=O) groups is 2. The van der Waals surface area contributed by atoms with E-state index >= 15 is 0 Å². The van der Waals surface area contributed by atoms with Crippen LogP contribution in [-0.4, -0.2) is 33.4 Å². The summed E-state index contributed by atoms with van der Waals surface area (Å²) in [5.74, 6) is -0.991. The molecule has 3 aromatic carbocycles. The summed E-state index contributed by atoms with van der Waals surface area (Å²) in [7, 11) is -4.01. The van der Waals surface area contributed by atoms with Gasteiger partial charge >= 0.3 is 5.97 Å². The molecule has 0 saturated heterocycles. The minimum Gasteiger partial charge on any atom is -0.462 e. The fourth-order valence-corrected chi connectivity index (χ4v) is 4.82. The Bertz CT molecular complexity index is 1240. The van der Waals surface area contributed by atoms with Crippen LogP contribution in [0.4, 0.5) is 11.4 Å².